The molecule has 0 spiro atoms. The van der Waals surface area contributed by atoms with Gasteiger partial charge in [-0.05, 0) is 31.9 Å². The number of aryl methyl sites for hydroxylation is 1. The van der Waals surface area contributed by atoms with E-state index in [0.29, 0.717) is 25.3 Å². The van der Waals surface area contributed by atoms with Gasteiger partial charge in [-0.25, -0.2) is 4.98 Å². The lowest BCUT2D eigenvalue weighted by atomic mass is 10.1. The van der Waals surface area contributed by atoms with Gasteiger partial charge in [0.25, 0.3) is 11.6 Å². The third kappa shape index (κ3) is 4.14. The lowest BCUT2D eigenvalue weighted by Gasteiger charge is -2.16. The van der Waals surface area contributed by atoms with Crippen LogP contribution in [0.1, 0.15) is 33.1 Å². The van der Waals surface area contributed by atoms with Crippen molar-refractivity contribution in [1.29, 1.82) is 0 Å². The van der Waals surface area contributed by atoms with Crippen molar-refractivity contribution < 1.29 is 9.72 Å². The van der Waals surface area contributed by atoms with E-state index in [0.717, 1.165) is 24.3 Å². The molecule has 8 heteroatoms. The monoisotopic (exact) mass is 360 g/mol. The summed E-state index contributed by atoms with van der Waals surface area (Å²) >= 11 is 1.65. The van der Waals surface area contributed by atoms with Gasteiger partial charge in [0.15, 0.2) is 0 Å². The van der Waals surface area contributed by atoms with Crippen LogP contribution in [0.25, 0.3) is 0 Å². The van der Waals surface area contributed by atoms with Crippen LogP contribution < -0.4 is 5.32 Å². The Morgan fingerprint density at radius 1 is 1.40 bits per heavy atom. The van der Waals surface area contributed by atoms with Gasteiger partial charge in [-0.3, -0.25) is 14.9 Å². The lowest BCUT2D eigenvalue weighted by molar-refractivity contribution is -0.385. The zero-order valence-corrected chi connectivity index (χ0v) is 14.8. The summed E-state index contributed by atoms with van der Waals surface area (Å²) in [5.41, 5.74) is 0.724. The number of hydrogen-bond donors (Lipinski definition) is 1. The molecule has 1 N–H and O–H groups in total. The van der Waals surface area contributed by atoms with Gasteiger partial charge in [0.1, 0.15) is 5.56 Å². The molecule has 0 unspecified atom stereocenters. The Kier molecular flexibility index (Phi) is 5.28. The number of carbonyl (C=O) groups excluding carboxylic acids is 1. The number of thiazole rings is 1. The van der Waals surface area contributed by atoms with E-state index in [2.05, 4.69) is 10.3 Å². The minimum atomic E-state index is -0.495. The molecular formula is C17H20N4O3S. The molecule has 2 heterocycles. The summed E-state index contributed by atoms with van der Waals surface area (Å²) in [5.74, 6) is -0.261. The molecular weight excluding hydrogens is 340 g/mol. The third-order valence-corrected chi connectivity index (χ3v) is 5.13. The average Bonchev–Trinajstić information content (AvgIpc) is 3.26. The van der Waals surface area contributed by atoms with Gasteiger partial charge in [-0.1, -0.05) is 0 Å². The van der Waals surface area contributed by atoms with Crippen molar-refractivity contribution in [2.45, 2.75) is 26.2 Å². The first-order chi connectivity index (χ1) is 12.0. The third-order valence-electron chi connectivity index (χ3n) is 4.15. The van der Waals surface area contributed by atoms with Crippen LogP contribution in [0.2, 0.25) is 0 Å². The Hall–Kier alpha value is -2.48. The minimum Gasteiger partial charge on any atom is -0.385 e. The van der Waals surface area contributed by atoms with Crippen LogP contribution in [0, 0.1) is 17.0 Å². The summed E-state index contributed by atoms with van der Waals surface area (Å²) in [7, 11) is 0. The molecule has 2 aromatic rings. The zero-order valence-electron chi connectivity index (χ0n) is 14.0. The first kappa shape index (κ1) is 17.3. The molecule has 0 saturated carbocycles. The molecule has 1 aliphatic heterocycles. The van der Waals surface area contributed by atoms with Crippen LogP contribution >= 0.6 is 11.3 Å². The van der Waals surface area contributed by atoms with E-state index >= 15 is 0 Å². The van der Waals surface area contributed by atoms with Crippen molar-refractivity contribution in [1.82, 2.24) is 9.88 Å². The van der Waals surface area contributed by atoms with Crippen molar-refractivity contribution in [2.75, 3.05) is 25.0 Å². The molecule has 25 heavy (non-hydrogen) atoms. The predicted octanol–water partition coefficient (Wildman–Crippen LogP) is 3.25. The van der Waals surface area contributed by atoms with E-state index < -0.39 is 4.92 Å². The molecule has 7 nitrogen and oxygen atoms in total. The SMILES string of the molecule is Cc1cnc(CCNc2ccc([N+](=O)[O-])c(C(=O)N3CCCC3)c2)s1. The normalized spacial score (nSPS) is 13.9. The minimum absolute atomic E-state index is 0.141. The Labute approximate surface area is 149 Å². The van der Waals surface area contributed by atoms with E-state index in [4.69, 9.17) is 0 Å². The highest BCUT2D eigenvalue weighted by molar-refractivity contribution is 7.11. The number of likely N-dealkylation sites (tertiary alicyclic amines) is 1. The van der Waals surface area contributed by atoms with E-state index in [-0.39, 0.29) is 17.2 Å². The Morgan fingerprint density at radius 2 is 2.16 bits per heavy atom. The molecule has 0 bridgehead atoms. The second-order valence-electron chi connectivity index (χ2n) is 6.03. The molecule has 0 atom stereocenters. The number of rotatable bonds is 6. The molecule has 1 fully saturated rings. The number of carbonyl (C=O) groups is 1. The summed E-state index contributed by atoms with van der Waals surface area (Å²) in [6.07, 6.45) is 4.51. The first-order valence-electron chi connectivity index (χ1n) is 8.27. The van der Waals surface area contributed by atoms with E-state index in [1.165, 1.54) is 10.9 Å². The number of nitrogens with zero attached hydrogens (tertiary/aromatic N) is 3. The predicted molar refractivity (Wildman–Crippen MR) is 97.3 cm³/mol. The number of amides is 1. The molecule has 0 radical (unpaired) electrons. The van der Waals surface area contributed by atoms with Gasteiger partial charge < -0.3 is 10.2 Å². The van der Waals surface area contributed by atoms with Gasteiger partial charge >= 0.3 is 0 Å². The molecule has 1 saturated heterocycles. The van der Waals surface area contributed by atoms with Gasteiger partial charge in [0.2, 0.25) is 0 Å². The lowest BCUT2D eigenvalue weighted by Crippen LogP contribution is -2.28. The Balaban J connectivity index is 1.72. The maximum atomic E-state index is 12.6. The first-order valence-corrected chi connectivity index (χ1v) is 9.09. The molecule has 1 aliphatic rings. The smallest absolute Gasteiger partial charge is 0.282 e. The highest BCUT2D eigenvalue weighted by Crippen LogP contribution is 2.25. The van der Waals surface area contributed by atoms with Gasteiger partial charge in [0, 0.05) is 48.9 Å². The van der Waals surface area contributed by atoms with Crippen LogP contribution in [-0.4, -0.2) is 40.3 Å². The van der Waals surface area contributed by atoms with Gasteiger partial charge in [-0.15, -0.1) is 11.3 Å². The van der Waals surface area contributed by atoms with Crippen molar-refractivity contribution in [3.63, 3.8) is 0 Å². The highest BCUT2D eigenvalue weighted by atomic mass is 32.1. The standard InChI is InChI=1S/C17H20N4O3S/c1-12-11-19-16(25-12)6-7-18-13-4-5-15(21(23)24)14(10-13)17(22)20-8-2-3-9-20/h4-5,10-11,18H,2-3,6-9H2,1H3. The highest BCUT2D eigenvalue weighted by Gasteiger charge is 2.26. The van der Waals surface area contributed by atoms with Gasteiger partial charge in [0.05, 0.1) is 9.93 Å². The summed E-state index contributed by atoms with van der Waals surface area (Å²) in [4.78, 5) is 30.5. The topological polar surface area (TPSA) is 88.4 Å². The van der Waals surface area contributed by atoms with Crippen LogP contribution in [0.4, 0.5) is 11.4 Å². The van der Waals surface area contributed by atoms with Crippen LogP contribution in [-0.2, 0) is 6.42 Å². The number of nitro benzene ring substituents is 1. The summed E-state index contributed by atoms with van der Waals surface area (Å²) in [6, 6.07) is 4.64. The summed E-state index contributed by atoms with van der Waals surface area (Å²) < 4.78 is 0. The second-order valence-corrected chi connectivity index (χ2v) is 7.35. The maximum absolute atomic E-state index is 12.6. The molecule has 1 amide bonds. The molecule has 1 aromatic carbocycles. The van der Waals surface area contributed by atoms with E-state index in [1.54, 1.807) is 28.4 Å². The summed E-state index contributed by atoms with van der Waals surface area (Å²) in [6.45, 7) is 4.00. The second kappa shape index (κ2) is 7.60. The molecule has 1 aromatic heterocycles. The number of nitrogens with one attached hydrogen (secondary N) is 1. The van der Waals surface area contributed by atoms with Crippen LogP contribution in [0.3, 0.4) is 0 Å². The summed E-state index contributed by atoms with van der Waals surface area (Å²) in [5, 5.41) is 15.5. The van der Waals surface area contributed by atoms with Crippen molar-refractivity contribution in [3.05, 3.63) is 50.0 Å². The Bertz CT molecular complexity index is 784. The maximum Gasteiger partial charge on any atom is 0.282 e. The largest absolute Gasteiger partial charge is 0.385 e. The molecule has 3 rings (SSSR count). The van der Waals surface area contributed by atoms with Crippen LogP contribution in [0.5, 0.6) is 0 Å². The van der Waals surface area contributed by atoms with Crippen LogP contribution in [0.15, 0.2) is 24.4 Å². The number of benzene rings is 1. The van der Waals surface area contributed by atoms with Crippen molar-refractivity contribution in [2.24, 2.45) is 0 Å². The average molecular weight is 360 g/mol. The number of hydrogen-bond acceptors (Lipinski definition) is 6. The van der Waals surface area contributed by atoms with Crippen molar-refractivity contribution >= 4 is 28.6 Å². The number of anilines is 1. The molecule has 0 aliphatic carbocycles. The number of nitro groups is 1. The quantitative estimate of drug-likeness (QED) is 0.631. The fourth-order valence-corrected chi connectivity index (χ4v) is 3.68. The number of aromatic nitrogens is 1. The Morgan fingerprint density at radius 3 is 2.80 bits per heavy atom. The fraction of sp³-hybridized carbons (Fsp3) is 0.412. The van der Waals surface area contributed by atoms with Gasteiger partial charge in [-0.2, -0.15) is 0 Å². The zero-order chi connectivity index (χ0) is 17.8. The fourth-order valence-electron chi connectivity index (χ4n) is 2.90. The molecule has 132 valence electrons. The van der Waals surface area contributed by atoms with Crippen molar-refractivity contribution in [3.8, 4) is 0 Å². The van der Waals surface area contributed by atoms with E-state index in [9.17, 15) is 14.9 Å². The van der Waals surface area contributed by atoms with E-state index in [1.807, 2.05) is 13.1 Å².